The summed E-state index contributed by atoms with van der Waals surface area (Å²) >= 11 is 3.20. The van der Waals surface area contributed by atoms with Gasteiger partial charge in [0, 0.05) is 27.3 Å². The molecule has 1 N–H and O–H groups in total. The van der Waals surface area contributed by atoms with Crippen molar-refractivity contribution < 1.29 is 17.9 Å². The van der Waals surface area contributed by atoms with Gasteiger partial charge in [-0.2, -0.15) is 0 Å². The van der Waals surface area contributed by atoms with Gasteiger partial charge in [0.15, 0.2) is 0 Å². The minimum atomic E-state index is -3.91. The Morgan fingerprint density at radius 3 is 2.67 bits per heavy atom. The lowest BCUT2D eigenvalue weighted by atomic mass is 10.1. The quantitative estimate of drug-likeness (QED) is 0.797. The second-order valence-corrected chi connectivity index (χ2v) is 8.41. The third-order valence-electron chi connectivity index (χ3n) is 3.52. The molecule has 0 radical (unpaired) electrons. The van der Waals surface area contributed by atoms with Crippen molar-refractivity contribution in [2.24, 2.45) is 0 Å². The molecule has 2 atom stereocenters. The van der Waals surface area contributed by atoms with Crippen LogP contribution >= 0.6 is 26.6 Å². The summed E-state index contributed by atoms with van der Waals surface area (Å²) in [6.45, 7) is 4.05. The molecule has 0 spiro atoms. The maximum atomic E-state index is 12.4. The molecule has 1 aliphatic heterocycles. The molecule has 0 aliphatic carbocycles. The van der Waals surface area contributed by atoms with E-state index in [-0.39, 0.29) is 28.5 Å². The Morgan fingerprint density at radius 2 is 2.14 bits per heavy atom. The van der Waals surface area contributed by atoms with Crippen LogP contribution in [-0.4, -0.2) is 33.1 Å². The minimum absolute atomic E-state index is 0.0577. The van der Waals surface area contributed by atoms with E-state index >= 15 is 0 Å². The summed E-state index contributed by atoms with van der Waals surface area (Å²) in [5, 5.41) is 2.87. The van der Waals surface area contributed by atoms with E-state index in [9.17, 15) is 13.2 Å². The second-order valence-electron chi connectivity index (χ2n) is 4.96. The van der Waals surface area contributed by atoms with Gasteiger partial charge in [-0.1, -0.05) is 15.9 Å². The maximum Gasteiger partial charge on any atom is 0.261 e. The van der Waals surface area contributed by atoms with Gasteiger partial charge in [0.1, 0.15) is 0 Å². The van der Waals surface area contributed by atoms with Gasteiger partial charge < -0.3 is 10.1 Å². The molecule has 2 rings (SSSR count). The SMILES string of the molecule is Cc1c(C(=O)NC2CCOC2C)cc(Br)cc1S(=O)(=O)Cl. The van der Waals surface area contributed by atoms with Crippen LogP contribution in [0.15, 0.2) is 21.5 Å². The maximum absolute atomic E-state index is 12.4. The van der Waals surface area contributed by atoms with Crippen molar-refractivity contribution in [3.05, 3.63) is 27.7 Å². The Hall–Kier alpha value is -0.630. The first-order chi connectivity index (χ1) is 9.70. The van der Waals surface area contributed by atoms with Crippen LogP contribution in [0.5, 0.6) is 0 Å². The van der Waals surface area contributed by atoms with Crippen LogP contribution in [-0.2, 0) is 13.8 Å². The van der Waals surface area contributed by atoms with Crippen molar-refractivity contribution in [1.82, 2.24) is 5.32 Å². The zero-order valence-corrected chi connectivity index (χ0v) is 14.7. The van der Waals surface area contributed by atoms with Gasteiger partial charge in [-0.05, 0) is 38.0 Å². The molecule has 1 heterocycles. The number of amides is 1. The Bertz CT molecular complexity index is 677. The normalized spacial score (nSPS) is 22.3. The Kier molecular flexibility index (Phi) is 4.97. The molecule has 1 aromatic carbocycles. The van der Waals surface area contributed by atoms with E-state index in [0.717, 1.165) is 6.42 Å². The zero-order valence-electron chi connectivity index (χ0n) is 11.5. The van der Waals surface area contributed by atoms with Gasteiger partial charge in [-0.3, -0.25) is 4.79 Å². The monoisotopic (exact) mass is 395 g/mol. The largest absolute Gasteiger partial charge is 0.376 e. The summed E-state index contributed by atoms with van der Waals surface area (Å²) in [5.41, 5.74) is 0.611. The summed E-state index contributed by atoms with van der Waals surface area (Å²) in [6.07, 6.45) is 0.679. The second kappa shape index (κ2) is 6.24. The van der Waals surface area contributed by atoms with E-state index in [1.165, 1.54) is 6.07 Å². The van der Waals surface area contributed by atoms with E-state index < -0.39 is 9.05 Å². The highest BCUT2D eigenvalue weighted by atomic mass is 79.9. The molecule has 5 nitrogen and oxygen atoms in total. The van der Waals surface area contributed by atoms with E-state index in [2.05, 4.69) is 21.2 Å². The number of halogens is 2. The molecule has 2 unspecified atom stereocenters. The number of benzene rings is 1. The number of ether oxygens (including phenoxy) is 1. The van der Waals surface area contributed by atoms with E-state index in [0.29, 0.717) is 16.6 Å². The predicted octanol–water partition coefficient (Wildman–Crippen LogP) is 2.59. The van der Waals surface area contributed by atoms with Crippen LogP contribution in [0, 0.1) is 6.92 Å². The first kappa shape index (κ1) is 16.7. The third kappa shape index (κ3) is 3.77. The van der Waals surface area contributed by atoms with Crippen LogP contribution in [0.4, 0.5) is 0 Å². The van der Waals surface area contributed by atoms with Crippen molar-refractivity contribution in [2.75, 3.05) is 6.61 Å². The van der Waals surface area contributed by atoms with Crippen molar-refractivity contribution in [3.8, 4) is 0 Å². The average Bonchev–Trinajstić information content (AvgIpc) is 2.76. The van der Waals surface area contributed by atoms with E-state index in [4.69, 9.17) is 15.4 Å². The number of carbonyl (C=O) groups excluding carboxylic acids is 1. The molecule has 1 fully saturated rings. The molecule has 0 aromatic heterocycles. The highest BCUT2D eigenvalue weighted by Crippen LogP contribution is 2.27. The van der Waals surface area contributed by atoms with Crippen LogP contribution in [0.3, 0.4) is 0 Å². The third-order valence-corrected chi connectivity index (χ3v) is 5.43. The number of nitrogens with one attached hydrogen (secondary N) is 1. The lowest BCUT2D eigenvalue weighted by Crippen LogP contribution is -2.39. The fraction of sp³-hybridized carbons (Fsp3) is 0.462. The predicted molar refractivity (Wildman–Crippen MR) is 83.2 cm³/mol. The molecule has 116 valence electrons. The fourth-order valence-corrected chi connectivity index (χ4v) is 4.14. The van der Waals surface area contributed by atoms with Crippen molar-refractivity contribution in [3.63, 3.8) is 0 Å². The van der Waals surface area contributed by atoms with Crippen molar-refractivity contribution in [1.29, 1.82) is 0 Å². The smallest absolute Gasteiger partial charge is 0.261 e. The van der Waals surface area contributed by atoms with Gasteiger partial charge in [0.05, 0.1) is 17.0 Å². The summed E-state index contributed by atoms with van der Waals surface area (Å²) in [5.74, 6) is -0.335. The molecule has 8 heteroatoms. The first-order valence-corrected chi connectivity index (χ1v) is 9.47. The fourth-order valence-electron chi connectivity index (χ4n) is 2.31. The summed E-state index contributed by atoms with van der Waals surface area (Å²) < 4.78 is 29.0. The number of rotatable bonds is 3. The lowest BCUT2D eigenvalue weighted by Gasteiger charge is -2.17. The average molecular weight is 397 g/mol. The van der Waals surface area contributed by atoms with Gasteiger partial charge in [0.2, 0.25) is 0 Å². The van der Waals surface area contributed by atoms with Gasteiger partial charge in [0.25, 0.3) is 15.0 Å². The zero-order chi connectivity index (χ0) is 15.8. The molecule has 1 aliphatic rings. The van der Waals surface area contributed by atoms with Crippen LogP contribution in [0.1, 0.15) is 29.3 Å². The topological polar surface area (TPSA) is 72.5 Å². The Labute approximate surface area is 136 Å². The Morgan fingerprint density at radius 1 is 1.48 bits per heavy atom. The molecule has 0 saturated carbocycles. The molecular weight excluding hydrogens is 382 g/mol. The molecule has 1 aromatic rings. The highest BCUT2D eigenvalue weighted by Gasteiger charge is 2.27. The summed E-state index contributed by atoms with van der Waals surface area (Å²) in [7, 11) is 1.49. The van der Waals surface area contributed by atoms with Gasteiger partial charge >= 0.3 is 0 Å². The molecule has 1 saturated heterocycles. The lowest BCUT2D eigenvalue weighted by molar-refractivity contribution is 0.0865. The standard InChI is InChI=1S/C13H15BrClNO4S/c1-7-10(5-9(14)6-12(7)21(15,18)19)13(17)16-11-3-4-20-8(11)2/h5-6,8,11H,3-4H2,1-2H3,(H,16,17). The molecule has 21 heavy (non-hydrogen) atoms. The molecule has 1 amide bonds. The van der Waals surface area contributed by atoms with Crippen LogP contribution in [0.25, 0.3) is 0 Å². The van der Waals surface area contributed by atoms with Gasteiger partial charge in [-0.25, -0.2) is 8.42 Å². The first-order valence-electron chi connectivity index (χ1n) is 6.37. The number of carbonyl (C=O) groups is 1. The van der Waals surface area contributed by atoms with Crippen LogP contribution in [0.2, 0.25) is 0 Å². The van der Waals surface area contributed by atoms with Crippen LogP contribution < -0.4 is 5.32 Å². The number of hydrogen-bond acceptors (Lipinski definition) is 4. The Balaban J connectivity index is 2.35. The summed E-state index contributed by atoms with van der Waals surface area (Å²) in [6, 6.07) is 2.89. The van der Waals surface area contributed by atoms with Gasteiger partial charge in [-0.15, -0.1) is 0 Å². The summed E-state index contributed by atoms with van der Waals surface area (Å²) in [4.78, 5) is 12.3. The minimum Gasteiger partial charge on any atom is -0.376 e. The highest BCUT2D eigenvalue weighted by molar-refractivity contribution is 9.10. The molecular formula is C13H15BrClNO4S. The van der Waals surface area contributed by atoms with E-state index in [1.807, 2.05) is 6.92 Å². The van der Waals surface area contributed by atoms with E-state index in [1.54, 1.807) is 13.0 Å². The van der Waals surface area contributed by atoms with Crippen molar-refractivity contribution in [2.45, 2.75) is 37.3 Å². The molecule has 0 bridgehead atoms. The number of hydrogen-bond donors (Lipinski definition) is 1. The van der Waals surface area contributed by atoms with Crippen molar-refractivity contribution >= 4 is 41.6 Å².